The average molecular weight is 473 g/mol. The minimum atomic E-state index is -0.415. The number of hydrogen-bond donors (Lipinski definition) is 0. The zero-order valence-electron chi connectivity index (χ0n) is 19.9. The van der Waals surface area contributed by atoms with Gasteiger partial charge in [0.25, 0.3) is 0 Å². The van der Waals surface area contributed by atoms with Gasteiger partial charge in [0.2, 0.25) is 5.43 Å². The van der Waals surface area contributed by atoms with Gasteiger partial charge in [0, 0.05) is 18.0 Å². The van der Waals surface area contributed by atoms with E-state index in [1.54, 1.807) is 10.9 Å². The number of fused-ring (bicyclic) bond motifs is 8. The lowest BCUT2D eigenvalue weighted by Crippen LogP contribution is -2.37. The number of ether oxygens (including phenoxy) is 1. The van der Waals surface area contributed by atoms with Crippen molar-refractivity contribution in [2.45, 2.75) is 70.4 Å². The van der Waals surface area contributed by atoms with E-state index >= 15 is 0 Å². The molecule has 0 N–H and O–H groups in total. The third-order valence-corrected chi connectivity index (χ3v) is 7.51. The van der Waals surface area contributed by atoms with Crippen LogP contribution in [0.25, 0.3) is 22.1 Å². The molecule has 6 heterocycles. The first kappa shape index (κ1) is 21.9. The number of carbonyl (C=O) groups excluding carboxylic acids is 1. The quantitative estimate of drug-likeness (QED) is 0.382. The summed E-state index contributed by atoms with van der Waals surface area (Å²) in [5, 5.41) is 5.73. The van der Waals surface area contributed by atoms with E-state index in [4.69, 9.17) is 9.72 Å². The molecule has 4 aromatic rings. The van der Waals surface area contributed by atoms with E-state index in [2.05, 4.69) is 38.8 Å². The molecule has 0 atom stereocenters. The predicted molar refractivity (Wildman–Crippen MR) is 131 cm³/mol. The highest BCUT2D eigenvalue weighted by Gasteiger charge is 2.38. The molecule has 1 fully saturated rings. The molecule has 1 spiro atoms. The second-order valence-corrected chi connectivity index (χ2v) is 9.83. The van der Waals surface area contributed by atoms with Gasteiger partial charge >= 0.3 is 0 Å². The Labute approximate surface area is 202 Å². The van der Waals surface area contributed by atoms with Gasteiger partial charge in [-0.2, -0.15) is 5.10 Å². The van der Waals surface area contributed by atoms with Gasteiger partial charge in [0.15, 0.2) is 11.5 Å². The van der Waals surface area contributed by atoms with Crippen molar-refractivity contribution >= 4 is 27.9 Å². The summed E-state index contributed by atoms with van der Waals surface area (Å²) in [5.41, 5.74) is 2.12. The van der Waals surface area contributed by atoms with Crippen LogP contribution in [0.4, 0.5) is 0 Å². The van der Waals surface area contributed by atoms with Gasteiger partial charge in [0.1, 0.15) is 28.8 Å². The molecule has 0 radical (unpaired) electrons. The van der Waals surface area contributed by atoms with Crippen molar-refractivity contribution in [3.63, 3.8) is 0 Å². The molecule has 0 unspecified atom stereocenters. The number of Topliss-reactive ketones (excluding diaryl/α,β-unsaturated/α-hetero) is 1. The first-order valence-electron chi connectivity index (χ1n) is 12.4. The number of carbonyl (C=O) groups is 1. The smallest absolute Gasteiger partial charge is 0.237 e. The first-order valence-corrected chi connectivity index (χ1v) is 12.4. The number of aromatic nitrogens is 6. The fourth-order valence-electron chi connectivity index (χ4n) is 5.67. The van der Waals surface area contributed by atoms with Crippen molar-refractivity contribution in [1.82, 2.24) is 29.3 Å². The topological polar surface area (TPSA) is 105 Å². The Morgan fingerprint density at radius 2 is 1.89 bits per heavy atom. The Bertz CT molecular complexity index is 1500. The number of pyridine rings is 1. The Morgan fingerprint density at radius 3 is 2.74 bits per heavy atom. The van der Waals surface area contributed by atoms with Crippen LogP contribution in [0.3, 0.4) is 0 Å². The summed E-state index contributed by atoms with van der Waals surface area (Å²) in [6.45, 7) is 3.16. The molecule has 9 nitrogen and oxygen atoms in total. The second-order valence-electron chi connectivity index (χ2n) is 9.83. The summed E-state index contributed by atoms with van der Waals surface area (Å²) in [7, 11) is 0. The maximum atomic E-state index is 13.2. The van der Waals surface area contributed by atoms with Gasteiger partial charge in [-0.05, 0) is 50.7 Å². The third kappa shape index (κ3) is 3.69. The Morgan fingerprint density at radius 1 is 1.03 bits per heavy atom. The number of nitrogens with zero attached hydrogens (tertiary/aromatic N) is 6. The lowest BCUT2D eigenvalue weighted by atomic mass is 9.96. The lowest BCUT2D eigenvalue weighted by molar-refractivity contribution is 0.0969. The molecule has 7 rings (SSSR count). The zero-order valence-corrected chi connectivity index (χ0v) is 19.9. The Kier molecular flexibility index (Phi) is 5.35. The van der Waals surface area contributed by atoms with Gasteiger partial charge < -0.3 is 9.30 Å². The van der Waals surface area contributed by atoms with Crippen LogP contribution >= 0.6 is 0 Å². The van der Waals surface area contributed by atoms with E-state index in [1.165, 1.54) is 6.33 Å². The molecule has 9 heteroatoms. The first-order chi connectivity index (χ1) is 17.1. The minimum Gasteiger partial charge on any atom is -0.492 e. The molecular weight excluding hydrogens is 444 g/mol. The molecule has 0 saturated heterocycles. The highest BCUT2D eigenvalue weighted by Crippen LogP contribution is 2.41. The van der Waals surface area contributed by atoms with Crippen LogP contribution in [0.1, 0.15) is 67.4 Å². The SMILES string of the molecule is Cc1cn2c3ncc(cc13)OCCCCCC(=O)c1nn(c3cncnc3c1=O)CC21CCCC1. The van der Waals surface area contributed by atoms with Crippen molar-refractivity contribution in [3.05, 3.63) is 52.5 Å². The van der Waals surface area contributed by atoms with Crippen molar-refractivity contribution in [2.24, 2.45) is 0 Å². The van der Waals surface area contributed by atoms with Crippen LogP contribution < -0.4 is 10.2 Å². The molecule has 6 bridgehead atoms. The number of rotatable bonds is 0. The van der Waals surface area contributed by atoms with Crippen LogP contribution in [0, 0.1) is 6.92 Å². The van der Waals surface area contributed by atoms with Gasteiger partial charge in [-0.3, -0.25) is 14.3 Å². The van der Waals surface area contributed by atoms with Crippen LogP contribution in [-0.4, -0.2) is 41.7 Å². The normalized spacial score (nSPS) is 18.5. The van der Waals surface area contributed by atoms with Gasteiger partial charge in [0.05, 0.1) is 31.1 Å². The summed E-state index contributed by atoms with van der Waals surface area (Å²) >= 11 is 0. The number of aryl methyl sites for hydroxylation is 1. The van der Waals surface area contributed by atoms with Crippen molar-refractivity contribution in [2.75, 3.05) is 6.61 Å². The molecule has 3 aliphatic rings. The van der Waals surface area contributed by atoms with Crippen LogP contribution in [0.15, 0.2) is 35.8 Å². The van der Waals surface area contributed by atoms with E-state index in [1.807, 2.05) is 6.20 Å². The standard InChI is InChI=1S/C26H28N6O3/c1-17-14-31-25-19(17)11-18(12-28-25)35-10-6-2-3-7-21(33)23-24(34)22-20(13-27-16-29-22)32(30-23)15-26(31)8-4-5-9-26/h11-14,16H,2-10,15H2,1H3. The lowest BCUT2D eigenvalue weighted by Gasteiger charge is -2.32. The van der Waals surface area contributed by atoms with Crippen molar-refractivity contribution in [3.8, 4) is 5.75 Å². The molecule has 1 aliphatic carbocycles. The molecule has 4 aromatic heterocycles. The molecule has 0 aromatic carbocycles. The van der Waals surface area contributed by atoms with Crippen LogP contribution in [0.5, 0.6) is 5.75 Å². The summed E-state index contributed by atoms with van der Waals surface area (Å²) in [6, 6.07) is 2.08. The highest BCUT2D eigenvalue weighted by atomic mass is 16.5. The minimum absolute atomic E-state index is 0.0270. The van der Waals surface area contributed by atoms with Gasteiger partial charge in [-0.25, -0.2) is 15.0 Å². The van der Waals surface area contributed by atoms with Crippen molar-refractivity contribution < 1.29 is 9.53 Å². The highest BCUT2D eigenvalue weighted by molar-refractivity contribution is 5.96. The summed E-state index contributed by atoms with van der Waals surface area (Å²) < 4.78 is 10.0. The van der Waals surface area contributed by atoms with E-state index in [0.717, 1.165) is 60.9 Å². The van der Waals surface area contributed by atoms with Crippen molar-refractivity contribution in [1.29, 1.82) is 0 Å². The van der Waals surface area contributed by atoms with Gasteiger partial charge in [-0.1, -0.05) is 12.8 Å². The maximum absolute atomic E-state index is 13.2. The predicted octanol–water partition coefficient (Wildman–Crippen LogP) is 3.95. The van der Waals surface area contributed by atoms with Crippen LogP contribution in [-0.2, 0) is 12.1 Å². The summed E-state index contributed by atoms with van der Waals surface area (Å²) in [4.78, 5) is 39.5. The summed E-state index contributed by atoms with van der Waals surface area (Å²) in [6.07, 6.45) is 13.6. The van der Waals surface area contributed by atoms with E-state index in [9.17, 15) is 9.59 Å². The fourth-order valence-corrected chi connectivity index (χ4v) is 5.67. The number of ketones is 1. The molecule has 35 heavy (non-hydrogen) atoms. The molecule has 1 saturated carbocycles. The van der Waals surface area contributed by atoms with E-state index in [0.29, 0.717) is 25.1 Å². The second kappa shape index (κ2) is 8.55. The largest absolute Gasteiger partial charge is 0.492 e. The maximum Gasteiger partial charge on any atom is 0.237 e. The third-order valence-electron chi connectivity index (χ3n) is 7.51. The molecule has 0 amide bonds. The van der Waals surface area contributed by atoms with E-state index < -0.39 is 5.43 Å². The zero-order chi connectivity index (χ0) is 24.0. The average Bonchev–Trinajstić information content (AvgIpc) is 3.48. The monoisotopic (exact) mass is 472 g/mol. The molecular formula is C26H28N6O3. The Balaban J connectivity index is 1.58. The Hall–Kier alpha value is -3.62. The van der Waals surface area contributed by atoms with E-state index in [-0.39, 0.29) is 29.0 Å². The molecule has 180 valence electrons. The van der Waals surface area contributed by atoms with Gasteiger partial charge in [-0.15, -0.1) is 0 Å². The fraction of sp³-hybridized carbons (Fsp3) is 0.462. The van der Waals surface area contributed by atoms with Crippen LogP contribution in [0.2, 0.25) is 0 Å². The molecule has 2 aliphatic heterocycles. The number of hydrogen-bond acceptors (Lipinski definition) is 7. The summed E-state index contributed by atoms with van der Waals surface area (Å²) in [5.74, 6) is 0.532.